The number of aromatic nitrogens is 4. The molecule has 2 aliphatic heterocycles. The molecule has 9 rings (SSSR count). The first-order chi connectivity index (χ1) is 25.4. The van der Waals surface area contributed by atoms with Crippen molar-refractivity contribution in [2.45, 2.75) is 0 Å². The quantitative estimate of drug-likeness (QED) is 0.136. The average Bonchev–Trinajstić information content (AvgIpc) is 4.00. The van der Waals surface area contributed by atoms with E-state index in [2.05, 4.69) is 22.1 Å². The van der Waals surface area contributed by atoms with Crippen molar-refractivity contribution < 1.29 is 19.8 Å². The molecule has 7 aromatic rings. The van der Waals surface area contributed by atoms with Gasteiger partial charge in [-0.05, 0) is 107 Å². The Kier molecular flexibility index (Phi) is 7.61. The minimum Gasteiger partial charge on any atom is -0.478 e. The monoisotopic (exact) mass is 714 g/mol. The van der Waals surface area contributed by atoms with Crippen molar-refractivity contribution >= 4 is 81.0 Å². The second-order valence-electron chi connectivity index (χ2n) is 12.2. The summed E-state index contributed by atoms with van der Waals surface area (Å²) < 4.78 is 0. The Balaban J connectivity index is 1.43. The zero-order chi connectivity index (χ0) is 35.3. The van der Waals surface area contributed by atoms with Crippen molar-refractivity contribution in [3.8, 4) is 43.1 Å². The number of fused-ring (bicyclic) bond motifs is 8. The van der Waals surface area contributed by atoms with Gasteiger partial charge in [-0.1, -0.05) is 36.4 Å². The number of benzene rings is 2. The molecule has 52 heavy (non-hydrogen) atoms. The zero-order valence-electron chi connectivity index (χ0n) is 27.1. The summed E-state index contributed by atoms with van der Waals surface area (Å²) in [7, 11) is 0. The van der Waals surface area contributed by atoms with Gasteiger partial charge in [0, 0.05) is 54.1 Å². The maximum Gasteiger partial charge on any atom is 0.335 e. The lowest BCUT2D eigenvalue weighted by Gasteiger charge is -2.06. The van der Waals surface area contributed by atoms with Crippen molar-refractivity contribution in [2.24, 2.45) is 0 Å². The van der Waals surface area contributed by atoms with Gasteiger partial charge in [-0.2, -0.15) is 0 Å². The normalized spacial score (nSPS) is 12.0. The molecule has 10 heteroatoms. The number of carboxylic acid groups (broad SMARTS) is 2. The van der Waals surface area contributed by atoms with Crippen LogP contribution in [0.3, 0.4) is 0 Å². The lowest BCUT2D eigenvalue weighted by Crippen LogP contribution is -1.95. The van der Waals surface area contributed by atoms with Crippen LogP contribution in [-0.2, 0) is 0 Å². The molecule has 2 aliphatic rings. The van der Waals surface area contributed by atoms with Gasteiger partial charge >= 0.3 is 11.9 Å². The molecule has 4 N–H and O–H groups in total. The molecular formula is C42H26N4O4S2. The Labute approximate surface area is 304 Å². The minimum atomic E-state index is -0.986. The molecule has 0 radical (unpaired) electrons. The first kappa shape index (κ1) is 31.4. The third-order valence-electron chi connectivity index (χ3n) is 9.13. The topological polar surface area (TPSA) is 132 Å². The highest BCUT2D eigenvalue weighted by Crippen LogP contribution is 2.39. The Morgan fingerprint density at radius 3 is 1.13 bits per heavy atom. The summed E-state index contributed by atoms with van der Waals surface area (Å²) in [4.78, 5) is 43.4. The minimum absolute atomic E-state index is 0.206. The lowest BCUT2D eigenvalue weighted by molar-refractivity contribution is 0.0686. The van der Waals surface area contributed by atoms with Crippen LogP contribution in [0.15, 0.2) is 108 Å². The SMILES string of the molecule is O=C(O)c1ccc(-c2c3nc(c(-c4cccs4)c4ccc([nH]4)c(-c4ccc(C(=O)O)cc4)c4nc(c(-c5cccs5)c5ccc2[nH]5)C=C4)C=C3)cc1. The van der Waals surface area contributed by atoms with E-state index in [0.29, 0.717) is 0 Å². The predicted molar refractivity (Wildman–Crippen MR) is 210 cm³/mol. The van der Waals surface area contributed by atoms with Gasteiger partial charge in [0.15, 0.2) is 0 Å². The smallest absolute Gasteiger partial charge is 0.335 e. The average molecular weight is 715 g/mol. The Hall–Kier alpha value is -6.62. The highest BCUT2D eigenvalue weighted by molar-refractivity contribution is 7.14. The van der Waals surface area contributed by atoms with Gasteiger partial charge in [-0.3, -0.25) is 0 Å². The van der Waals surface area contributed by atoms with Gasteiger partial charge < -0.3 is 20.2 Å². The van der Waals surface area contributed by atoms with Crippen LogP contribution in [0.5, 0.6) is 0 Å². The number of rotatable bonds is 6. The summed E-state index contributed by atoms with van der Waals surface area (Å²) >= 11 is 3.24. The summed E-state index contributed by atoms with van der Waals surface area (Å²) in [5, 5.41) is 23.3. The number of carbonyl (C=O) groups is 2. The van der Waals surface area contributed by atoms with E-state index < -0.39 is 11.9 Å². The molecule has 8 bridgehead atoms. The maximum absolute atomic E-state index is 11.7. The fourth-order valence-electron chi connectivity index (χ4n) is 6.73. The van der Waals surface area contributed by atoms with E-state index >= 15 is 0 Å². The summed E-state index contributed by atoms with van der Waals surface area (Å²) in [5.41, 5.74) is 12.0. The van der Waals surface area contributed by atoms with Crippen LogP contribution in [0.25, 0.3) is 89.5 Å². The molecule has 0 unspecified atom stereocenters. The Morgan fingerprint density at radius 1 is 0.462 bits per heavy atom. The number of nitrogens with one attached hydrogen (secondary N) is 2. The second kappa shape index (κ2) is 12.6. The van der Waals surface area contributed by atoms with Gasteiger partial charge in [0.2, 0.25) is 0 Å². The molecule has 0 saturated carbocycles. The van der Waals surface area contributed by atoms with E-state index in [-0.39, 0.29) is 11.1 Å². The lowest BCUT2D eigenvalue weighted by atomic mass is 10.0. The van der Waals surface area contributed by atoms with Crippen molar-refractivity contribution in [3.63, 3.8) is 0 Å². The van der Waals surface area contributed by atoms with Gasteiger partial charge in [-0.15, -0.1) is 22.7 Å². The second-order valence-corrected chi connectivity index (χ2v) is 14.1. The summed E-state index contributed by atoms with van der Waals surface area (Å²) in [5.74, 6) is -1.97. The number of H-pyrrole nitrogens is 2. The number of hydrogen-bond acceptors (Lipinski definition) is 6. The highest BCUT2D eigenvalue weighted by Gasteiger charge is 2.20. The summed E-state index contributed by atoms with van der Waals surface area (Å²) in [6.07, 6.45) is 8.03. The zero-order valence-corrected chi connectivity index (χ0v) is 28.8. The number of thiophene rings is 2. The third kappa shape index (κ3) is 5.47. The molecule has 0 saturated heterocycles. The Morgan fingerprint density at radius 2 is 0.808 bits per heavy atom. The van der Waals surface area contributed by atoms with E-state index in [0.717, 1.165) is 88.0 Å². The van der Waals surface area contributed by atoms with Gasteiger partial charge in [0.25, 0.3) is 0 Å². The maximum atomic E-state index is 11.7. The first-order valence-corrected chi connectivity index (χ1v) is 18.1. The molecular weight excluding hydrogens is 689 g/mol. The summed E-state index contributed by atoms with van der Waals surface area (Å²) in [6, 6.07) is 30.1. The van der Waals surface area contributed by atoms with Crippen molar-refractivity contribution in [2.75, 3.05) is 0 Å². The molecule has 7 heterocycles. The van der Waals surface area contributed by atoms with Crippen LogP contribution < -0.4 is 0 Å². The van der Waals surface area contributed by atoms with Gasteiger partial charge in [-0.25, -0.2) is 19.6 Å². The molecule has 0 aliphatic carbocycles. The number of nitrogens with zero attached hydrogens (tertiary/aromatic N) is 2. The van der Waals surface area contributed by atoms with Crippen LogP contribution >= 0.6 is 22.7 Å². The first-order valence-electron chi connectivity index (χ1n) is 16.3. The van der Waals surface area contributed by atoms with Crippen molar-refractivity contribution in [1.29, 1.82) is 0 Å². The molecule has 0 fully saturated rings. The largest absolute Gasteiger partial charge is 0.478 e. The molecule has 5 aromatic heterocycles. The van der Waals surface area contributed by atoms with Crippen LogP contribution in [0.2, 0.25) is 0 Å². The van der Waals surface area contributed by atoms with E-state index in [1.165, 1.54) is 0 Å². The van der Waals surface area contributed by atoms with E-state index in [1.54, 1.807) is 46.9 Å². The fourth-order valence-corrected chi connectivity index (χ4v) is 8.32. The van der Waals surface area contributed by atoms with Crippen LogP contribution in [0.1, 0.15) is 43.5 Å². The highest BCUT2D eigenvalue weighted by atomic mass is 32.1. The standard InChI is InChI=1S/C42H26N4O4S2/c47-41(48)25-9-5-23(6-10-25)37-27-13-17-31(43-27)39(35-3-1-21-51-35)32-18-14-28(44-32)38(24-7-11-26(12-8-24)42(49)50)30-16-20-34(46-30)40(36-4-2-22-52-36)33-19-15-29(37)45-33/h1-22,43,46H,(H,47,48)(H,49,50). The molecule has 0 amide bonds. The van der Waals surface area contributed by atoms with Crippen LogP contribution in [0, 0.1) is 0 Å². The van der Waals surface area contributed by atoms with Crippen LogP contribution in [0.4, 0.5) is 0 Å². The molecule has 250 valence electrons. The van der Waals surface area contributed by atoms with Crippen molar-refractivity contribution in [3.05, 3.63) is 142 Å². The third-order valence-corrected chi connectivity index (χ3v) is 10.9. The van der Waals surface area contributed by atoms with Crippen molar-refractivity contribution in [1.82, 2.24) is 19.9 Å². The number of carboxylic acids is 2. The molecule has 0 spiro atoms. The van der Waals surface area contributed by atoms with E-state index in [1.807, 2.05) is 95.7 Å². The molecule has 2 aromatic carbocycles. The van der Waals surface area contributed by atoms with Gasteiger partial charge in [0.05, 0.1) is 33.9 Å². The predicted octanol–water partition coefficient (Wildman–Crippen LogP) is 10.8. The summed E-state index contributed by atoms with van der Waals surface area (Å²) in [6.45, 7) is 0. The van der Waals surface area contributed by atoms with E-state index in [9.17, 15) is 19.8 Å². The number of hydrogen-bond donors (Lipinski definition) is 4. The van der Waals surface area contributed by atoms with Crippen LogP contribution in [-0.4, -0.2) is 42.1 Å². The number of aromatic amines is 2. The number of aromatic carboxylic acids is 2. The molecule has 0 atom stereocenters. The fraction of sp³-hybridized carbons (Fsp3) is 0. The Bertz CT molecular complexity index is 2580. The molecule has 8 nitrogen and oxygen atoms in total. The van der Waals surface area contributed by atoms with E-state index in [4.69, 9.17) is 9.97 Å². The van der Waals surface area contributed by atoms with Gasteiger partial charge in [0.1, 0.15) is 0 Å².